The summed E-state index contributed by atoms with van der Waals surface area (Å²) in [4.78, 5) is 55.0. The zero-order valence-corrected chi connectivity index (χ0v) is 34.3. The second-order valence-corrected chi connectivity index (χ2v) is 14.6. The predicted octanol–water partition coefficient (Wildman–Crippen LogP) is -1.64. The number of nitrogens with zero attached hydrogens (tertiary/aromatic N) is 5. The molecule has 9 rings (SSSR count). The number of carbonyl (C=O) groups excluding carboxylic acids is 1. The van der Waals surface area contributed by atoms with Crippen LogP contribution in [0, 0.1) is 5.82 Å². The van der Waals surface area contributed by atoms with Crippen molar-refractivity contribution >= 4 is 42.2 Å². The fraction of sp³-hybridized carbons (Fsp3) is 0.486. The number of fused-ring (bicyclic) bond motifs is 7. The van der Waals surface area contributed by atoms with Gasteiger partial charge in [0.05, 0.1) is 23.1 Å². The number of pyridine rings is 1. The van der Waals surface area contributed by atoms with E-state index in [1.807, 2.05) is 30.0 Å². The molecule has 6 bridgehead atoms. The van der Waals surface area contributed by atoms with Gasteiger partial charge in [0, 0.05) is 24.8 Å². The van der Waals surface area contributed by atoms with Crippen molar-refractivity contribution in [1.29, 1.82) is 0 Å². The summed E-state index contributed by atoms with van der Waals surface area (Å²) in [7, 11) is -3.22. The Morgan fingerprint density at radius 3 is 2.63 bits per heavy atom. The molecular formula is C35H38FN6Na2O6P. The fourth-order valence-electron chi connectivity index (χ4n) is 8.42. The molecule has 0 radical (unpaired) electrons. The van der Waals surface area contributed by atoms with E-state index in [4.69, 9.17) is 19.0 Å². The number of alkyl carbamates (subject to hydrolysis) is 1. The number of halogens is 1. The zero-order valence-electron chi connectivity index (χ0n) is 29.4. The predicted molar refractivity (Wildman–Crippen MR) is 179 cm³/mol. The van der Waals surface area contributed by atoms with Crippen molar-refractivity contribution in [2.45, 2.75) is 69.4 Å². The molecule has 1 N–H and O–H groups in total. The maximum atomic E-state index is 17.1. The van der Waals surface area contributed by atoms with E-state index < -0.39 is 26.1 Å². The van der Waals surface area contributed by atoms with E-state index in [1.165, 1.54) is 6.07 Å². The van der Waals surface area contributed by atoms with Crippen LogP contribution in [0.4, 0.5) is 15.0 Å². The summed E-state index contributed by atoms with van der Waals surface area (Å²) in [6, 6.07) is 8.76. The number of benzene rings is 2. The van der Waals surface area contributed by atoms with Crippen molar-refractivity contribution in [1.82, 2.24) is 25.2 Å². The number of hydrogen-bond donors (Lipinski definition) is 1. The summed E-state index contributed by atoms with van der Waals surface area (Å²) in [6.07, 6.45) is 7.88. The van der Waals surface area contributed by atoms with E-state index in [0.29, 0.717) is 60.1 Å². The van der Waals surface area contributed by atoms with Crippen molar-refractivity contribution in [3.63, 3.8) is 0 Å². The molecule has 51 heavy (non-hydrogen) atoms. The SMILES string of the molecule is CC12CCCN(C1)c1nc(OCC34CCCN3CCC4)nc3c(F)c(ncc13)-c1cc(OP([O-])[O-])cc3cccc(c13)CCCOC(=O)N2.[Na+].[Na+]. The standard InChI is InChI=1S/C35H38FN6O6P.2Na/c1-34-10-4-13-41(20-34)31-26-19-37-29(28(36)30(26)38-32(39-31)47-21-35-11-5-14-42(35)15-6-12-35)25-18-24(48-49(44)45)17-23-8-2-7-22(27(23)25)9-3-16-46-33(43)40-34;;/h2,7-8,17-19H,3-6,9-16,20-21H2,1H3,(H,40,43);;/q-2;2*+1. The normalized spacial score (nSPS) is 21.5. The largest absolute Gasteiger partial charge is 1.00 e. The van der Waals surface area contributed by atoms with Gasteiger partial charge >= 0.3 is 71.2 Å². The Morgan fingerprint density at radius 1 is 1.06 bits per heavy atom. The van der Waals surface area contributed by atoms with Crippen LogP contribution in [-0.4, -0.2) is 76.4 Å². The molecule has 1 atom stereocenters. The topological polar surface area (TPSA) is 148 Å². The number of aromatic nitrogens is 3. The number of carbonyl (C=O) groups is 1. The first kappa shape index (κ1) is 38.8. The quantitative estimate of drug-likeness (QED) is 0.186. The maximum absolute atomic E-state index is 17.1. The third-order valence-electron chi connectivity index (χ3n) is 10.6. The molecule has 16 heteroatoms. The molecule has 0 spiro atoms. The second kappa shape index (κ2) is 15.8. The summed E-state index contributed by atoms with van der Waals surface area (Å²) < 4.78 is 34.3. The molecule has 0 aliphatic carbocycles. The minimum absolute atomic E-state index is 0. The van der Waals surface area contributed by atoms with Crippen LogP contribution in [-0.2, 0) is 11.2 Å². The minimum Gasteiger partial charge on any atom is -0.810 e. The molecule has 1 unspecified atom stereocenters. The van der Waals surface area contributed by atoms with Gasteiger partial charge in [0.1, 0.15) is 29.4 Å². The molecule has 258 valence electrons. The van der Waals surface area contributed by atoms with E-state index in [1.54, 1.807) is 12.3 Å². The van der Waals surface area contributed by atoms with Gasteiger partial charge < -0.3 is 34.0 Å². The van der Waals surface area contributed by atoms with Crippen molar-refractivity contribution < 1.29 is 92.1 Å². The molecular weight excluding hydrogens is 696 g/mol. The van der Waals surface area contributed by atoms with E-state index in [9.17, 15) is 14.6 Å². The summed E-state index contributed by atoms with van der Waals surface area (Å²) in [5.41, 5.74) is 0.582. The molecule has 5 aliphatic rings. The number of ether oxygens (including phenoxy) is 2. The maximum Gasteiger partial charge on any atom is 1.00 e. The molecule has 3 saturated heterocycles. The van der Waals surface area contributed by atoms with Gasteiger partial charge in [-0.25, -0.2) is 9.18 Å². The number of rotatable bonds is 5. The van der Waals surface area contributed by atoms with Gasteiger partial charge in [-0.2, -0.15) is 9.97 Å². The number of piperidine rings is 1. The second-order valence-electron chi connectivity index (χ2n) is 14.0. The Kier molecular flexibility index (Phi) is 12.0. The molecule has 0 saturated carbocycles. The molecule has 12 nitrogen and oxygen atoms in total. The third kappa shape index (κ3) is 7.72. The van der Waals surface area contributed by atoms with Gasteiger partial charge in [0.2, 0.25) is 0 Å². The average molecular weight is 735 g/mol. The molecule has 2 aromatic carbocycles. The van der Waals surface area contributed by atoms with Crippen molar-refractivity contribution in [2.75, 3.05) is 44.3 Å². The first-order valence-corrected chi connectivity index (χ1v) is 18.1. The average Bonchev–Trinajstić information content (AvgIpc) is 3.65. The van der Waals surface area contributed by atoms with E-state index in [2.05, 4.69) is 20.2 Å². The number of hydrogen-bond acceptors (Lipinski definition) is 11. The monoisotopic (exact) mass is 734 g/mol. The van der Waals surface area contributed by atoms with Gasteiger partial charge in [0.25, 0.3) is 0 Å². The Balaban J connectivity index is 0.00000224. The van der Waals surface area contributed by atoms with E-state index >= 15 is 4.39 Å². The smallest absolute Gasteiger partial charge is 0.810 e. The molecule has 1 amide bonds. The Morgan fingerprint density at radius 2 is 1.84 bits per heavy atom. The van der Waals surface area contributed by atoms with E-state index in [-0.39, 0.29) is 94.2 Å². The first-order chi connectivity index (χ1) is 23.7. The van der Waals surface area contributed by atoms with Crippen LogP contribution in [0.25, 0.3) is 32.9 Å². The first-order valence-electron chi connectivity index (χ1n) is 17.0. The molecule has 3 fully saturated rings. The molecule has 5 aliphatic heterocycles. The fourth-order valence-corrected chi connectivity index (χ4v) is 8.70. The van der Waals surface area contributed by atoms with Crippen molar-refractivity contribution in [3.8, 4) is 23.0 Å². The van der Waals surface area contributed by atoms with Crippen LogP contribution in [0.5, 0.6) is 11.8 Å². The minimum atomic E-state index is -3.22. The molecule has 4 aromatic rings. The molecule has 2 aromatic heterocycles. The summed E-state index contributed by atoms with van der Waals surface area (Å²) in [6.45, 7) is 5.68. The Bertz CT molecular complexity index is 1930. The Hall–Kier alpha value is -1.90. The molecule has 7 heterocycles. The van der Waals surface area contributed by atoms with Crippen molar-refractivity contribution in [2.24, 2.45) is 0 Å². The number of nitrogens with one attached hydrogen (secondary N) is 1. The van der Waals surface area contributed by atoms with Gasteiger partial charge in [0.15, 0.2) is 5.82 Å². The number of anilines is 1. The Labute approximate surface area is 341 Å². The third-order valence-corrected chi connectivity index (χ3v) is 11.0. The van der Waals surface area contributed by atoms with Crippen LogP contribution >= 0.6 is 8.60 Å². The summed E-state index contributed by atoms with van der Waals surface area (Å²) in [5, 5.41) is 4.83. The zero-order chi connectivity index (χ0) is 33.8. The van der Waals surface area contributed by atoms with Crippen LogP contribution in [0.2, 0.25) is 0 Å². The van der Waals surface area contributed by atoms with Gasteiger partial charge in [-0.1, -0.05) is 26.8 Å². The van der Waals surface area contributed by atoms with Gasteiger partial charge in [-0.05, 0) is 99.8 Å². The van der Waals surface area contributed by atoms with Crippen LogP contribution in [0.15, 0.2) is 36.5 Å². The van der Waals surface area contributed by atoms with Crippen molar-refractivity contribution in [3.05, 3.63) is 47.9 Å². The summed E-state index contributed by atoms with van der Waals surface area (Å²) in [5.74, 6) is -0.158. The van der Waals surface area contributed by atoms with E-state index in [0.717, 1.165) is 57.2 Å². The van der Waals surface area contributed by atoms with Crippen LogP contribution in [0.1, 0.15) is 57.4 Å². The number of aryl methyl sites for hydroxylation is 1. The van der Waals surface area contributed by atoms with Gasteiger partial charge in [-0.15, -0.1) is 0 Å². The van der Waals surface area contributed by atoms with Gasteiger partial charge in [-0.3, -0.25) is 9.88 Å². The van der Waals surface area contributed by atoms with Crippen LogP contribution < -0.4 is 88.4 Å². The number of amides is 1. The van der Waals surface area contributed by atoms with Crippen LogP contribution in [0.3, 0.4) is 0 Å². The summed E-state index contributed by atoms with van der Waals surface area (Å²) >= 11 is 0.